The zero-order valence-electron chi connectivity index (χ0n) is 14.9. The van der Waals surface area contributed by atoms with Crippen LogP contribution in [0.1, 0.15) is 56.8 Å². The van der Waals surface area contributed by atoms with Crippen molar-refractivity contribution in [3.63, 3.8) is 0 Å². The first-order valence-electron chi connectivity index (χ1n) is 8.75. The van der Waals surface area contributed by atoms with Gasteiger partial charge in [0.25, 0.3) is 0 Å². The van der Waals surface area contributed by atoms with Crippen LogP contribution in [-0.2, 0) is 4.74 Å². The van der Waals surface area contributed by atoms with E-state index in [0.717, 1.165) is 12.8 Å². The topological polar surface area (TPSA) is 76.1 Å². The van der Waals surface area contributed by atoms with E-state index in [-0.39, 0.29) is 29.8 Å². The smallest absolute Gasteiger partial charge is 0.410 e. The first-order valence-corrected chi connectivity index (χ1v) is 8.75. The van der Waals surface area contributed by atoms with Crippen LogP contribution in [0.25, 0.3) is 0 Å². The monoisotopic (exact) mass is 347 g/mol. The number of hydrogen-bond donors (Lipinski definition) is 1. The molecule has 2 bridgehead atoms. The highest BCUT2D eigenvalue weighted by Gasteiger charge is 2.45. The molecule has 2 saturated heterocycles. The number of aromatic carboxylic acids is 1. The molecule has 1 unspecified atom stereocenters. The summed E-state index contributed by atoms with van der Waals surface area (Å²) < 4.78 is 11.5. The lowest BCUT2D eigenvalue weighted by Gasteiger charge is -2.39. The Balaban J connectivity index is 1.68. The van der Waals surface area contributed by atoms with Crippen LogP contribution >= 0.6 is 0 Å². The first kappa shape index (κ1) is 17.6. The van der Waals surface area contributed by atoms with Gasteiger partial charge in [0.2, 0.25) is 0 Å². The molecule has 0 radical (unpaired) electrons. The number of carbonyl (C=O) groups excluding carboxylic acids is 1. The van der Waals surface area contributed by atoms with Gasteiger partial charge in [-0.05, 0) is 45.7 Å². The van der Waals surface area contributed by atoms with Crippen molar-refractivity contribution < 1.29 is 24.2 Å². The van der Waals surface area contributed by atoms with E-state index in [1.165, 1.54) is 0 Å². The van der Waals surface area contributed by atoms with Gasteiger partial charge in [0.1, 0.15) is 23.0 Å². The van der Waals surface area contributed by atoms with E-state index < -0.39 is 11.6 Å². The molecular formula is C19H25NO5. The fourth-order valence-corrected chi connectivity index (χ4v) is 3.76. The fourth-order valence-electron chi connectivity index (χ4n) is 3.76. The van der Waals surface area contributed by atoms with Gasteiger partial charge >= 0.3 is 12.1 Å². The van der Waals surface area contributed by atoms with Crippen LogP contribution in [0.3, 0.4) is 0 Å². The molecule has 2 aliphatic rings. The van der Waals surface area contributed by atoms with E-state index in [2.05, 4.69) is 0 Å². The van der Waals surface area contributed by atoms with Crippen molar-refractivity contribution in [1.29, 1.82) is 0 Å². The number of carboxylic acids is 1. The predicted molar refractivity (Wildman–Crippen MR) is 91.9 cm³/mol. The Morgan fingerprint density at radius 3 is 2.28 bits per heavy atom. The van der Waals surface area contributed by atoms with Crippen LogP contribution in [0, 0.1) is 0 Å². The molecule has 0 aliphatic carbocycles. The number of amides is 1. The van der Waals surface area contributed by atoms with Crippen molar-refractivity contribution in [1.82, 2.24) is 4.90 Å². The molecule has 1 amide bonds. The maximum Gasteiger partial charge on any atom is 0.410 e. The number of benzene rings is 1. The van der Waals surface area contributed by atoms with Crippen LogP contribution in [0.5, 0.6) is 5.75 Å². The number of nitrogens with zero attached hydrogens (tertiary/aromatic N) is 1. The number of piperidine rings is 1. The summed E-state index contributed by atoms with van der Waals surface area (Å²) in [7, 11) is 0. The van der Waals surface area contributed by atoms with E-state index in [1.54, 1.807) is 24.3 Å². The minimum Gasteiger partial charge on any atom is -0.489 e. The van der Waals surface area contributed by atoms with Gasteiger partial charge in [-0.3, -0.25) is 0 Å². The molecule has 25 heavy (non-hydrogen) atoms. The highest BCUT2D eigenvalue weighted by atomic mass is 16.6. The Hall–Kier alpha value is -2.24. The van der Waals surface area contributed by atoms with Gasteiger partial charge in [-0.2, -0.15) is 0 Å². The average molecular weight is 347 g/mol. The molecule has 2 aliphatic heterocycles. The molecule has 6 heteroatoms. The van der Waals surface area contributed by atoms with Crippen LogP contribution in [0.4, 0.5) is 4.79 Å². The van der Waals surface area contributed by atoms with Crippen LogP contribution in [-0.4, -0.2) is 45.9 Å². The summed E-state index contributed by atoms with van der Waals surface area (Å²) in [6.07, 6.45) is 2.92. The molecule has 1 aromatic rings. The summed E-state index contributed by atoms with van der Waals surface area (Å²) in [4.78, 5) is 25.7. The van der Waals surface area contributed by atoms with Gasteiger partial charge < -0.3 is 19.5 Å². The lowest BCUT2D eigenvalue weighted by Crippen LogP contribution is -2.50. The molecule has 0 saturated carbocycles. The number of para-hydroxylation sites is 1. The van der Waals surface area contributed by atoms with E-state index in [1.807, 2.05) is 25.7 Å². The van der Waals surface area contributed by atoms with E-state index in [9.17, 15) is 14.7 Å². The van der Waals surface area contributed by atoms with E-state index in [0.29, 0.717) is 18.6 Å². The van der Waals surface area contributed by atoms with Crippen molar-refractivity contribution in [2.75, 3.05) is 0 Å². The quantitative estimate of drug-likeness (QED) is 0.902. The normalized spacial score (nSPS) is 25.6. The van der Waals surface area contributed by atoms with Crippen molar-refractivity contribution in [2.45, 2.75) is 70.2 Å². The summed E-state index contributed by atoms with van der Waals surface area (Å²) in [5, 5.41) is 9.29. The predicted octanol–water partition coefficient (Wildman–Crippen LogP) is 3.69. The molecule has 2 heterocycles. The number of rotatable bonds is 3. The number of carbonyl (C=O) groups is 2. The van der Waals surface area contributed by atoms with E-state index in [4.69, 9.17) is 9.47 Å². The summed E-state index contributed by atoms with van der Waals surface area (Å²) >= 11 is 0. The highest BCUT2D eigenvalue weighted by molar-refractivity contribution is 5.90. The Labute approximate surface area is 147 Å². The van der Waals surface area contributed by atoms with Crippen molar-refractivity contribution in [3.8, 4) is 5.75 Å². The third-order valence-electron chi connectivity index (χ3n) is 4.71. The molecule has 6 nitrogen and oxygen atoms in total. The lowest BCUT2D eigenvalue weighted by molar-refractivity contribution is -0.00714. The first-order chi connectivity index (χ1) is 11.7. The molecule has 3 rings (SSSR count). The maximum atomic E-state index is 12.5. The molecular weight excluding hydrogens is 322 g/mol. The summed E-state index contributed by atoms with van der Waals surface area (Å²) in [5.41, 5.74) is -0.339. The Morgan fingerprint density at radius 2 is 1.72 bits per heavy atom. The molecule has 1 N–H and O–H groups in total. The maximum absolute atomic E-state index is 12.5. The Bertz CT molecular complexity index is 652. The van der Waals surface area contributed by atoms with Gasteiger partial charge in [0.05, 0.1) is 0 Å². The second-order valence-corrected chi connectivity index (χ2v) is 7.79. The van der Waals surface area contributed by atoms with Crippen LogP contribution < -0.4 is 4.74 Å². The number of hydrogen-bond acceptors (Lipinski definition) is 4. The molecule has 136 valence electrons. The lowest BCUT2D eigenvalue weighted by atomic mass is 10.00. The Kier molecular flexibility index (Phi) is 4.62. The zero-order chi connectivity index (χ0) is 18.2. The minimum atomic E-state index is -0.996. The number of carboxylic acid groups (broad SMARTS) is 1. The van der Waals surface area contributed by atoms with Gasteiger partial charge in [-0.15, -0.1) is 0 Å². The van der Waals surface area contributed by atoms with Crippen LogP contribution in [0.2, 0.25) is 0 Å². The Morgan fingerprint density at radius 1 is 1.12 bits per heavy atom. The second-order valence-electron chi connectivity index (χ2n) is 7.79. The molecule has 3 atom stereocenters. The third-order valence-corrected chi connectivity index (χ3v) is 4.71. The molecule has 2 fully saturated rings. The molecule has 0 spiro atoms. The largest absolute Gasteiger partial charge is 0.489 e. The third kappa shape index (κ3) is 3.89. The second kappa shape index (κ2) is 6.58. The highest BCUT2D eigenvalue weighted by Crippen LogP contribution is 2.38. The van der Waals surface area contributed by atoms with Gasteiger partial charge in [-0.25, -0.2) is 9.59 Å². The van der Waals surface area contributed by atoms with Gasteiger partial charge in [-0.1, -0.05) is 12.1 Å². The zero-order valence-corrected chi connectivity index (χ0v) is 14.9. The van der Waals surface area contributed by atoms with Crippen LogP contribution in [0.15, 0.2) is 24.3 Å². The van der Waals surface area contributed by atoms with Crippen molar-refractivity contribution in [3.05, 3.63) is 29.8 Å². The summed E-state index contributed by atoms with van der Waals surface area (Å²) in [6, 6.07) is 6.87. The summed E-state index contributed by atoms with van der Waals surface area (Å²) in [5.74, 6) is -0.602. The molecule has 1 aromatic carbocycles. The SMILES string of the molecule is CC(C)(C)OC(=O)N1[C@@H]2CC[C@H]1CC(Oc1ccccc1C(=O)O)C2. The number of fused-ring (bicyclic) bond motifs is 2. The van der Waals surface area contributed by atoms with Crippen molar-refractivity contribution in [2.24, 2.45) is 0 Å². The van der Waals surface area contributed by atoms with Crippen molar-refractivity contribution >= 4 is 12.1 Å². The minimum absolute atomic E-state index is 0.0864. The van der Waals surface area contributed by atoms with Gasteiger partial charge in [0.15, 0.2) is 0 Å². The van der Waals surface area contributed by atoms with E-state index >= 15 is 0 Å². The molecule has 0 aromatic heterocycles. The fraction of sp³-hybridized carbons (Fsp3) is 0.579. The summed E-state index contributed by atoms with van der Waals surface area (Å²) in [6.45, 7) is 5.60. The standard InChI is InChI=1S/C19H25NO5/c1-19(2,3)25-18(23)20-12-8-9-13(20)11-14(10-12)24-16-7-5-4-6-15(16)17(21)22/h4-7,12-14H,8-11H2,1-3H3,(H,21,22)/t12-,13+,14?. The van der Waals surface area contributed by atoms with Gasteiger partial charge in [0, 0.05) is 24.9 Å². The number of ether oxygens (including phenoxy) is 2. The average Bonchev–Trinajstić information content (AvgIpc) is 2.78.